The van der Waals surface area contributed by atoms with Crippen molar-refractivity contribution in [1.29, 1.82) is 0 Å². The molecule has 3 aromatic rings. The molecule has 8 nitrogen and oxygen atoms in total. The second kappa shape index (κ2) is 8.42. The summed E-state index contributed by atoms with van der Waals surface area (Å²) in [7, 11) is 0. The first-order valence-corrected chi connectivity index (χ1v) is 11.2. The van der Waals surface area contributed by atoms with Crippen molar-refractivity contribution in [2.24, 2.45) is 0 Å². The van der Waals surface area contributed by atoms with Gasteiger partial charge in [-0.05, 0) is 38.1 Å². The Hall–Kier alpha value is -2.59. The molecule has 3 aromatic heterocycles. The maximum Gasteiger partial charge on any atom is 0.367 e. The highest BCUT2D eigenvalue weighted by atomic mass is 32.1. The summed E-state index contributed by atoms with van der Waals surface area (Å²) in [5.41, 5.74) is 1.45. The number of thiophene rings is 1. The second-order valence-corrected chi connectivity index (χ2v) is 8.59. The zero-order valence-electron chi connectivity index (χ0n) is 16.1. The second-order valence-electron chi connectivity index (χ2n) is 6.84. The van der Waals surface area contributed by atoms with Crippen LogP contribution in [0.15, 0.2) is 29.2 Å². The van der Waals surface area contributed by atoms with E-state index in [1.54, 1.807) is 19.3 Å². The topological polar surface area (TPSA) is 90.2 Å². The van der Waals surface area contributed by atoms with E-state index < -0.39 is 5.97 Å². The van der Waals surface area contributed by atoms with Crippen LogP contribution in [0.1, 0.15) is 58.5 Å². The Morgan fingerprint density at radius 3 is 2.79 bits per heavy atom. The first-order chi connectivity index (χ1) is 14.1. The lowest BCUT2D eigenvalue weighted by molar-refractivity contribution is 0.0522. The fourth-order valence-electron chi connectivity index (χ4n) is 3.49. The highest BCUT2D eigenvalue weighted by molar-refractivity contribution is 7.13. The van der Waals surface area contributed by atoms with E-state index in [1.807, 2.05) is 21.7 Å². The van der Waals surface area contributed by atoms with Gasteiger partial charge in [0.25, 0.3) is 5.91 Å². The van der Waals surface area contributed by atoms with Crippen molar-refractivity contribution < 1.29 is 14.3 Å². The monoisotopic (exact) mass is 431 g/mol. The Labute approximate surface area is 176 Å². The number of hydrogen-bond acceptors (Lipinski definition) is 8. The van der Waals surface area contributed by atoms with Gasteiger partial charge in [0.1, 0.15) is 0 Å². The minimum Gasteiger partial charge on any atom is -0.461 e. The van der Waals surface area contributed by atoms with Crippen molar-refractivity contribution in [3.8, 4) is 5.00 Å². The van der Waals surface area contributed by atoms with E-state index in [4.69, 9.17) is 4.74 Å². The van der Waals surface area contributed by atoms with Crippen LogP contribution in [0.4, 0.5) is 0 Å². The van der Waals surface area contributed by atoms with Gasteiger partial charge < -0.3 is 9.64 Å². The maximum atomic E-state index is 13.3. The lowest BCUT2D eigenvalue weighted by atomic mass is 9.91. The van der Waals surface area contributed by atoms with Crippen LogP contribution < -0.4 is 0 Å². The number of carbonyl (C=O) groups is 2. The molecule has 0 aliphatic carbocycles. The number of thiazole rings is 1. The highest BCUT2D eigenvalue weighted by Crippen LogP contribution is 2.33. The fraction of sp³-hybridized carbons (Fsp3) is 0.421. The lowest BCUT2D eigenvalue weighted by Gasteiger charge is -2.37. The Morgan fingerprint density at radius 1 is 1.24 bits per heavy atom. The summed E-state index contributed by atoms with van der Waals surface area (Å²) >= 11 is 2.73. The standard InChI is InChI=1S/C19H21N5O3S2/c1-3-27-19(26)16-22-15(11-29-16)13-5-4-12(2)23(10-13)17(25)14-6-9-28-18(14)24-20-7-8-21-24/h6-9,11-13H,3-5,10H2,1-2H3/t12-,13-/m1/s1. The van der Waals surface area contributed by atoms with Gasteiger partial charge in [0.05, 0.1) is 30.3 Å². The minimum atomic E-state index is -0.393. The molecule has 0 saturated carbocycles. The van der Waals surface area contributed by atoms with Crippen LogP contribution in [0.5, 0.6) is 0 Å². The molecule has 29 heavy (non-hydrogen) atoms. The van der Waals surface area contributed by atoms with Crippen LogP contribution in [0.2, 0.25) is 0 Å². The van der Waals surface area contributed by atoms with Crippen LogP contribution in [0, 0.1) is 0 Å². The number of esters is 1. The number of likely N-dealkylation sites (tertiary alicyclic amines) is 1. The van der Waals surface area contributed by atoms with Gasteiger partial charge in [-0.1, -0.05) is 0 Å². The average Bonchev–Trinajstić information content (AvgIpc) is 3.48. The van der Waals surface area contributed by atoms with E-state index in [-0.39, 0.29) is 17.9 Å². The smallest absolute Gasteiger partial charge is 0.367 e. The van der Waals surface area contributed by atoms with Gasteiger partial charge in [0, 0.05) is 23.9 Å². The molecule has 1 aliphatic heterocycles. The number of amides is 1. The summed E-state index contributed by atoms with van der Waals surface area (Å²) in [6.45, 7) is 4.73. The van der Waals surface area contributed by atoms with Gasteiger partial charge in [-0.25, -0.2) is 9.78 Å². The van der Waals surface area contributed by atoms with Crippen molar-refractivity contribution in [2.45, 2.75) is 38.6 Å². The molecule has 1 amide bonds. The van der Waals surface area contributed by atoms with Crippen LogP contribution >= 0.6 is 22.7 Å². The molecule has 152 valence electrons. The molecule has 1 saturated heterocycles. The molecule has 4 heterocycles. The zero-order chi connectivity index (χ0) is 20.4. The van der Waals surface area contributed by atoms with Gasteiger partial charge in [0.2, 0.25) is 5.01 Å². The molecule has 10 heteroatoms. The van der Waals surface area contributed by atoms with Crippen LogP contribution in [0.3, 0.4) is 0 Å². The molecule has 0 unspecified atom stereocenters. The van der Waals surface area contributed by atoms with Crippen molar-refractivity contribution in [3.05, 3.63) is 45.5 Å². The summed E-state index contributed by atoms with van der Waals surface area (Å²) < 4.78 is 5.03. The summed E-state index contributed by atoms with van der Waals surface area (Å²) in [6, 6.07) is 1.95. The lowest BCUT2D eigenvalue weighted by Crippen LogP contribution is -2.45. The quantitative estimate of drug-likeness (QED) is 0.576. The largest absolute Gasteiger partial charge is 0.461 e. The normalized spacial score (nSPS) is 19.3. The Kier molecular flexibility index (Phi) is 5.72. The highest BCUT2D eigenvalue weighted by Gasteiger charge is 2.33. The predicted octanol–water partition coefficient (Wildman–Crippen LogP) is 3.37. The number of nitrogens with zero attached hydrogens (tertiary/aromatic N) is 5. The molecule has 0 radical (unpaired) electrons. The Bertz CT molecular complexity index is 997. The van der Waals surface area contributed by atoms with Crippen LogP contribution in [-0.4, -0.2) is 55.9 Å². The number of hydrogen-bond donors (Lipinski definition) is 0. The number of aromatic nitrogens is 4. The first-order valence-electron chi connectivity index (χ1n) is 9.46. The predicted molar refractivity (Wildman–Crippen MR) is 110 cm³/mol. The summed E-state index contributed by atoms with van der Waals surface area (Å²) in [4.78, 5) is 33.1. The van der Waals surface area contributed by atoms with E-state index >= 15 is 0 Å². The molecule has 0 spiro atoms. The number of ether oxygens (including phenoxy) is 1. The van der Waals surface area contributed by atoms with E-state index in [9.17, 15) is 9.59 Å². The van der Waals surface area contributed by atoms with E-state index in [2.05, 4.69) is 22.1 Å². The fourth-order valence-corrected chi connectivity index (χ4v) is 5.08. The average molecular weight is 432 g/mol. The SMILES string of the molecule is CCOC(=O)c1nc([C@@H]2CC[C@@H](C)N(C(=O)c3ccsc3-n3nccn3)C2)cs1. The Morgan fingerprint density at radius 2 is 2.03 bits per heavy atom. The molecule has 0 aromatic carbocycles. The third-order valence-corrected chi connectivity index (χ3v) is 6.73. The molecule has 0 N–H and O–H groups in total. The zero-order valence-corrected chi connectivity index (χ0v) is 17.8. The molecule has 1 fully saturated rings. The molecular formula is C19H21N5O3S2. The molecule has 0 bridgehead atoms. The summed E-state index contributed by atoms with van der Waals surface area (Å²) in [5, 5.41) is 13.2. The molecule has 1 aliphatic rings. The number of rotatable bonds is 5. The van der Waals surface area contributed by atoms with Crippen LogP contribution in [0.25, 0.3) is 5.00 Å². The van der Waals surface area contributed by atoms with Crippen LogP contribution in [-0.2, 0) is 4.74 Å². The van der Waals surface area contributed by atoms with Crippen molar-refractivity contribution >= 4 is 34.6 Å². The van der Waals surface area contributed by atoms with E-state index in [1.165, 1.54) is 27.5 Å². The van der Waals surface area contributed by atoms with Crippen molar-refractivity contribution in [1.82, 2.24) is 24.9 Å². The summed E-state index contributed by atoms with van der Waals surface area (Å²) in [5.74, 6) is -0.327. The van der Waals surface area contributed by atoms with Crippen molar-refractivity contribution in [2.75, 3.05) is 13.2 Å². The molecule has 2 atom stereocenters. The first kappa shape index (κ1) is 19.7. The van der Waals surface area contributed by atoms with Gasteiger partial charge >= 0.3 is 5.97 Å². The molecule has 4 rings (SSSR count). The van der Waals surface area contributed by atoms with E-state index in [0.717, 1.165) is 18.5 Å². The van der Waals surface area contributed by atoms with Gasteiger partial charge in [-0.15, -0.1) is 27.5 Å². The van der Waals surface area contributed by atoms with E-state index in [0.29, 0.717) is 28.7 Å². The third-order valence-electron chi connectivity index (χ3n) is 5.01. The minimum absolute atomic E-state index is 0.0309. The summed E-state index contributed by atoms with van der Waals surface area (Å²) in [6.07, 6.45) is 4.99. The van der Waals surface area contributed by atoms with Gasteiger partial charge in [-0.3, -0.25) is 4.79 Å². The third kappa shape index (κ3) is 3.95. The Balaban J connectivity index is 1.54. The maximum absolute atomic E-state index is 13.3. The molecular weight excluding hydrogens is 410 g/mol. The number of carbonyl (C=O) groups excluding carboxylic acids is 2. The number of piperidine rings is 1. The van der Waals surface area contributed by atoms with Crippen molar-refractivity contribution in [3.63, 3.8) is 0 Å². The van der Waals surface area contributed by atoms with Gasteiger partial charge in [-0.2, -0.15) is 10.2 Å². The van der Waals surface area contributed by atoms with Gasteiger partial charge in [0.15, 0.2) is 5.00 Å².